The zero-order valence-electron chi connectivity index (χ0n) is 12.4. The van der Waals surface area contributed by atoms with Gasteiger partial charge in [0.15, 0.2) is 0 Å². The monoisotopic (exact) mass is 285 g/mol. The van der Waals surface area contributed by atoms with Gasteiger partial charge in [-0.15, -0.1) is 0 Å². The highest BCUT2D eigenvalue weighted by Gasteiger charge is 2.07. The normalized spacial score (nSPS) is 10.3. The summed E-state index contributed by atoms with van der Waals surface area (Å²) in [7, 11) is 1.63. The lowest BCUT2D eigenvalue weighted by atomic mass is 10.2. The minimum Gasteiger partial charge on any atom is -0.497 e. The van der Waals surface area contributed by atoms with Gasteiger partial charge >= 0.3 is 0 Å². The molecule has 2 aromatic rings. The SMILES string of the molecule is COc1ccc(Nc2ccc(NC(=O)C(C)C)cn2)cc1. The van der Waals surface area contributed by atoms with Crippen molar-refractivity contribution in [2.45, 2.75) is 13.8 Å². The smallest absolute Gasteiger partial charge is 0.226 e. The minimum absolute atomic E-state index is 0.0207. The second-order valence-electron chi connectivity index (χ2n) is 4.93. The van der Waals surface area contributed by atoms with Crippen LogP contribution in [0, 0.1) is 5.92 Å². The Morgan fingerprint density at radius 1 is 1.10 bits per heavy atom. The number of anilines is 3. The van der Waals surface area contributed by atoms with Crippen LogP contribution >= 0.6 is 0 Å². The third-order valence-corrected chi connectivity index (χ3v) is 2.92. The maximum absolute atomic E-state index is 11.6. The predicted octanol–water partition coefficient (Wildman–Crippen LogP) is 3.43. The highest BCUT2D eigenvalue weighted by atomic mass is 16.5. The van der Waals surface area contributed by atoms with Crippen LogP contribution in [-0.2, 0) is 4.79 Å². The van der Waals surface area contributed by atoms with E-state index in [9.17, 15) is 4.79 Å². The van der Waals surface area contributed by atoms with E-state index in [1.54, 1.807) is 13.3 Å². The number of nitrogens with one attached hydrogen (secondary N) is 2. The number of carbonyl (C=O) groups is 1. The van der Waals surface area contributed by atoms with Crippen molar-refractivity contribution in [1.29, 1.82) is 0 Å². The molecule has 0 saturated carbocycles. The van der Waals surface area contributed by atoms with Gasteiger partial charge in [0.2, 0.25) is 5.91 Å². The summed E-state index contributed by atoms with van der Waals surface area (Å²) in [4.78, 5) is 15.9. The number of benzene rings is 1. The Bertz CT molecular complexity index is 592. The van der Waals surface area contributed by atoms with Crippen molar-refractivity contribution in [3.8, 4) is 5.75 Å². The number of nitrogens with zero attached hydrogens (tertiary/aromatic N) is 1. The summed E-state index contributed by atoms with van der Waals surface area (Å²) in [6.45, 7) is 3.70. The molecule has 0 atom stereocenters. The molecule has 2 N–H and O–H groups in total. The van der Waals surface area contributed by atoms with Crippen molar-refractivity contribution in [1.82, 2.24) is 4.98 Å². The van der Waals surface area contributed by atoms with Crippen LogP contribution in [0.2, 0.25) is 0 Å². The number of methoxy groups -OCH3 is 1. The summed E-state index contributed by atoms with van der Waals surface area (Å²) in [5.74, 6) is 1.44. The van der Waals surface area contributed by atoms with Crippen LogP contribution in [0.1, 0.15) is 13.8 Å². The average Bonchev–Trinajstić information content (AvgIpc) is 2.50. The van der Waals surface area contributed by atoms with Gasteiger partial charge in [-0.25, -0.2) is 4.98 Å². The summed E-state index contributed by atoms with van der Waals surface area (Å²) in [6.07, 6.45) is 1.63. The van der Waals surface area contributed by atoms with E-state index < -0.39 is 0 Å². The third-order valence-electron chi connectivity index (χ3n) is 2.92. The van der Waals surface area contributed by atoms with Crippen LogP contribution in [0.25, 0.3) is 0 Å². The standard InChI is InChI=1S/C16H19N3O2/c1-11(2)16(20)19-13-6-9-15(17-10-13)18-12-4-7-14(21-3)8-5-12/h4-11H,1-3H3,(H,17,18)(H,19,20). The Kier molecular flexibility index (Phi) is 4.77. The van der Waals surface area contributed by atoms with E-state index in [-0.39, 0.29) is 11.8 Å². The van der Waals surface area contributed by atoms with E-state index in [4.69, 9.17) is 4.74 Å². The van der Waals surface area contributed by atoms with Gasteiger partial charge in [0.1, 0.15) is 11.6 Å². The Balaban J connectivity index is 2.00. The fourth-order valence-corrected chi connectivity index (χ4v) is 1.65. The summed E-state index contributed by atoms with van der Waals surface area (Å²) in [6, 6.07) is 11.2. The molecule has 1 aromatic carbocycles. The molecule has 21 heavy (non-hydrogen) atoms. The van der Waals surface area contributed by atoms with Gasteiger partial charge < -0.3 is 15.4 Å². The number of pyridine rings is 1. The molecule has 1 amide bonds. The number of rotatable bonds is 5. The maximum Gasteiger partial charge on any atom is 0.226 e. The molecule has 0 spiro atoms. The van der Waals surface area contributed by atoms with E-state index in [0.29, 0.717) is 11.5 Å². The first kappa shape index (κ1) is 14.8. The summed E-state index contributed by atoms with van der Waals surface area (Å²) in [5.41, 5.74) is 1.61. The van der Waals surface area contributed by atoms with Gasteiger partial charge in [-0.1, -0.05) is 13.8 Å². The van der Waals surface area contributed by atoms with Crippen LogP contribution in [0.5, 0.6) is 5.75 Å². The predicted molar refractivity (Wildman–Crippen MR) is 84.0 cm³/mol. The van der Waals surface area contributed by atoms with Crippen LogP contribution in [0.15, 0.2) is 42.6 Å². The molecule has 0 aliphatic heterocycles. The van der Waals surface area contributed by atoms with Gasteiger partial charge in [-0.3, -0.25) is 4.79 Å². The third kappa shape index (κ3) is 4.21. The van der Waals surface area contributed by atoms with Crippen LogP contribution < -0.4 is 15.4 Å². The van der Waals surface area contributed by atoms with Gasteiger partial charge in [-0.2, -0.15) is 0 Å². The van der Waals surface area contributed by atoms with Crippen molar-refractivity contribution in [2.75, 3.05) is 17.7 Å². The Morgan fingerprint density at radius 3 is 2.29 bits per heavy atom. The molecule has 0 radical (unpaired) electrons. The molecule has 0 aliphatic carbocycles. The number of amides is 1. The summed E-state index contributed by atoms with van der Waals surface area (Å²) in [5, 5.41) is 5.98. The quantitative estimate of drug-likeness (QED) is 0.883. The average molecular weight is 285 g/mol. The first-order valence-electron chi connectivity index (χ1n) is 6.76. The molecule has 0 unspecified atom stereocenters. The summed E-state index contributed by atoms with van der Waals surface area (Å²) >= 11 is 0. The highest BCUT2D eigenvalue weighted by molar-refractivity contribution is 5.91. The van der Waals surface area contributed by atoms with Crippen molar-refractivity contribution >= 4 is 23.1 Å². The molecule has 0 aliphatic rings. The lowest BCUT2D eigenvalue weighted by molar-refractivity contribution is -0.118. The van der Waals surface area contributed by atoms with Crippen LogP contribution in [0.4, 0.5) is 17.2 Å². The zero-order valence-corrected chi connectivity index (χ0v) is 12.4. The van der Waals surface area contributed by atoms with Gasteiger partial charge in [0.25, 0.3) is 0 Å². The lowest BCUT2D eigenvalue weighted by Gasteiger charge is -2.09. The second-order valence-corrected chi connectivity index (χ2v) is 4.93. The number of aromatic nitrogens is 1. The molecule has 1 aromatic heterocycles. The molecule has 0 bridgehead atoms. The fraction of sp³-hybridized carbons (Fsp3) is 0.250. The van der Waals surface area contributed by atoms with Crippen molar-refractivity contribution < 1.29 is 9.53 Å². The maximum atomic E-state index is 11.6. The molecule has 0 fully saturated rings. The highest BCUT2D eigenvalue weighted by Crippen LogP contribution is 2.19. The summed E-state index contributed by atoms with van der Waals surface area (Å²) < 4.78 is 5.11. The molecule has 0 saturated heterocycles. The fourth-order valence-electron chi connectivity index (χ4n) is 1.65. The molecule has 2 rings (SSSR count). The van der Waals surface area contributed by atoms with E-state index in [1.165, 1.54) is 0 Å². The van der Waals surface area contributed by atoms with E-state index in [2.05, 4.69) is 15.6 Å². The molecule has 1 heterocycles. The van der Waals surface area contributed by atoms with E-state index >= 15 is 0 Å². The number of ether oxygens (including phenoxy) is 1. The largest absolute Gasteiger partial charge is 0.497 e. The Labute approximate surface area is 124 Å². The molecule has 110 valence electrons. The molecular weight excluding hydrogens is 266 g/mol. The van der Waals surface area contributed by atoms with Gasteiger partial charge in [0, 0.05) is 11.6 Å². The lowest BCUT2D eigenvalue weighted by Crippen LogP contribution is -2.17. The van der Waals surface area contributed by atoms with Crippen LogP contribution in [0.3, 0.4) is 0 Å². The number of carbonyl (C=O) groups excluding carboxylic acids is 1. The molecule has 5 heteroatoms. The first-order valence-corrected chi connectivity index (χ1v) is 6.76. The van der Waals surface area contributed by atoms with Crippen molar-refractivity contribution in [2.24, 2.45) is 5.92 Å². The minimum atomic E-state index is -0.0536. The topological polar surface area (TPSA) is 63.2 Å². The van der Waals surface area contributed by atoms with Gasteiger partial charge in [0.05, 0.1) is 19.0 Å². The Hall–Kier alpha value is -2.56. The van der Waals surface area contributed by atoms with E-state index in [1.807, 2.05) is 50.2 Å². The second kappa shape index (κ2) is 6.74. The van der Waals surface area contributed by atoms with E-state index in [0.717, 1.165) is 11.4 Å². The van der Waals surface area contributed by atoms with Crippen molar-refractivity contribution in [3.05, 3.63) is 42.6 Å². The zero-order chi connectivity index (χ0) is 15.2. The molecule has 5 nitrogen and oxygen atoms in total. The molecular formula is C16H19N3O2. The first-order chi connectivity index (χ1) is 10.1. The Morgan fingerprint density at radius 2 is 1.76 bits per heavy atom. The van der Waals surface area contributed by atoms with Crippen LogP contribution in [-0.4, -0.2) is 18.0 Å². The number of hydrogen-bond donors (Lipinski definition) is 2. The van der Waals surface area contributed by atoms with Crippen molar-refractivity contribution in [3.63, 3.8) is 0 Å². The van der Waals surface area contributed by atoms with Gasteiger partial charge in [-0.05, 0) is 36.4 Å². The number of hydrogen-bond acceptors (Lipinski definition) is 4.